The van der Waals surface area contributed by atoms with Crippen molar-refractivity contribution in [3.8, 4) is 0 Å². The van der Waals surface area contributed by atoms with Crippen molar-refractivity contribution in [2.24, 2.45) is 5.92 Å². The van der Waals surface area contributed by atoms with Crippen molar-refractivity contribution < 1.29 is 19.8 Å². The zero-order valence-electron chi connectivity index (χ0n) is 11.6. The number of carboxylic acid groups (broad SMARTS) is 1. The number of nitrogens with zero attached hydrogens (tertiary/aromatic N) is 1. The van der Waals surface area contributed by atoms with Crippen LogP contribution < -0.4 is 5.32 Å². The number of carbonyl (C=O) groups excluding carboxylic acids is 1. The van der Waals surface area contributed by atoms with Crippen LogP contribution in [0.25, 0.3) is 0 Å². The van der Waals surface area contributed by atoms with Crippen molar-refractivity contribution >= 4 is 12.0 Å². The van der Waals surface area contributed by atoms with E-state index in [2.05, 4.69) is 5.32 Å². The van der Waals surface area contributed by atoms with Crippen molar-refractivity contribution in [2.75, 3.05) is 13.1 Å². The lowest BCUT2D eigenvalue weighted by Gasteiger charge is -2.33. The maximum Gasteiger partial charge on any atom is 0.326 e. The normalized spacial score (nSPS) is 19.8. The highest BCUT2D eigenvalue weighted by Gasteiger charge is 2.27. The maximum atomic E-state index is 12.0. The van der Waals surface area contributed by atoms with E-state index >= 15 is 0 Å². The third-order valence-corrected chi connectivity index (χ3v) is 3.68. The first-order valence-corrected chi connectivity index (χ1v) is 6.92. The van der Waals surface area contributed by atoms with E-state index in [0.29, 0.717) is 25.9 Å². The highest BCUT2D eigenvalue weighted by Crippen LogP contribution is 2.20. The Labute approximate surface area is 113 Å². The number of urea groups is 1. The van der Waals surface area contributed by atoms with Crippen LogP contribution in [0.2, 0.25) is 0 Å². The van der Waals surface area contributed by atoms with Gasteiger partial charge in [0, 0.05) is 13.1 Å². The molecule has 0 spiro atoms. The summed E-state index contributed by atoms with van der Waals surface area (Å²) in [7, 11) is 0. The lowest BCUT2D eigenvalue weighted by molar-refractivity contribution is -0.139. The largest absolute Gasteiger partial charge is 0.480 e. The molecule has 6 heteroatoms. The molecule has 110 valence electrons. The van der Waals surface area contributed by atoms with Crippen LogP contribution in [0.1, 0.15) is 39.5 Å². The first-order valence-electron chi connectivity index (χ1n) is 6.92. The molecule has 1 fully saturated rings. The topological polar surface area (TPSA) is 89.9 Å². The Kier molecular flexibility index (Phi) is 6.08. The number of aliphatic carboxylic acids is 1. The second-order valence-corrected chi connectivity index (χ2v) is 5.19. The van der Waals surface area contributed by atoms with Gasteiger partial charge in [0.05, 0.1) is 6.10 Å². The number of carbonyl (C=O) groups is 2. The van der Waals surface area contributed by atoms with Crippen molar-refractivity contribution in [2.45, 2.75) is 51.7 Å². The number of aliphatic hydroxyl groups excluding tert-OH is 1. The molecule has 2 atom stereocenters. The van der Waals surface area contributed by atoms with Crippen molar-refractivity contribution in [3.05, 3.63) is 0 Å². The first-order chi connectivity index (χ1) is 8.95. The van der Waals surface area contributed by atoms with Crippen LogP contribution in [0.3, 0.4) is 0 Å². The molecule has 2 amide bonds. The fourth-order valence-corrected chi connectivity index (χ4v) is 2.37. The third kappa shape index (κ3) is 4.70. The highest BCUT2D eigenvalue weighted by atomic mass is 16.4. The lowest BCUT2D eigenvalue weighted by Crippen LogP contribution is -2.50. The first kappa shape index (κ1) is 15.8. The Hall–Kier alpha value is -1.30. The molecule has 0 bridgehead atoms. The molecule has 0 aromatic rings. The summed E-state index contributed by atoms with van der Waals surface area (Å²) in [6.45, 7) is 4.79. The molecule has 1 aliphatic rings. The van der Waals surface area contributed by atoms with Gasteiger partial charge < -0.3 is 20.4 Å². The Morgan fingerprint density at radius 1 is 1.37 bits per heavy atom. The molecule has 1 heterocycles. The zero-order valence-corrected chi connectivity index (χ0v) is 11.6. The van der Waals surface area contributed by atoms with E-state index in [1.165, 1.54) is 0 Å². The molecule has 0 aromatic heterocycles. The second kappa shape index (κ2) is 7.33. The predicted octanol–water partition coefficient (Wildman–Crippen LogP) is 1.04. The van der Waals surface area contributed by atoms with Crippen molar-refractivity contribution in [3.63, 3.8) is 0 Å². The van der Waals surface area contributed by atoms with Crippen LogP contribution in [0.15, 0.2) is 0 Å². The van der Waals surface area contributed by atoms with Crippen molar-refractivity contribution in [1.29, 1.82) is 0 Å². The van der Waals surface area contributed by atoms with Gasteiger partial charge in [-0.25, -0.2) is 9.59 Å². The van der Waals surface area contributed by atoms with Gasteiger partial charge in [0.1, 0.15) is 6.04 Å². The Morgan fingerprint density at radius 2 is 1.95 bits per heavy atom. The fourth-order valence-electron chi connectivity index (χ4n) is 2.37. The number of carboxylic acids is 1. The van der Waals surface area contributed by atoms with E-state index in [1.54, 1.807) is 11.8 Å². The van der Waals surface area contributed by atoms with Crippen LogP contribution in [-0.2, 0) is 4.79 Å². The Bertz CT molecular complexity index is 312. The number of aliphatic hydroxyl groups is 1. The van der Waals surface area contributed by atoms with Crippen LogP contribution in [0.4, 0.5) is 4.79 Å². The van der Waals surface area contributed by atoms with Gasteiger partial charge in [-0.2, -0.15) is 0 Å². The minimum absolute atomic E-state index is 0.231. The summed E-state index contributed by atoms with van der Waals surface area (Å²) in [5, 5.41) is 21.0. The number of nitrogens with one attached hydrogen (secondary N) is 1. The van der Waals surface area contributed by atoms with Crippen LogP contribution in [-0.4, -0.2) is 52.3 Å². The van der Waals surface area contributed by atoms with Gasteiger partial charge in [-0.05, 0) is 32.1 Å². The summed E-state index contributed by atoms with van der Waals surface area (Å²) >= 11 is 0. The molecular formula is C13H24N2O4. The molecule has 0 radical (unpaired) electrons. The number of amides is 2. The van der Waals surface area contributed by atoms with Crippen LogP contribution >= 0.6 is 0 Å². The van der Waals surface area contributed by atoms with Crippen molar-refractivity contribution in [1.82, 2.24) is 10.2 Å². The van der Waals surface area contributed by atoms with Gasteiger partial charge in [0.25, 0.3) is 0 Å². The number of hydrogen-bond acceptors (Lipinski definition) is 3. The van der Waals surface area contributed by atoms with Crippen LogP contribution in [0, 0.1) is 5.92 Å². The fraction of sp³-hybridized carbons (Fsp3) is 0.846. The van der Waals surface area contributed by atoms with Gasteiger partial charge in [-0.15, -0.1) is 0 Å². The van der Waals surface area contributed by atoms with E-state index in [1.807, 2.05) is 6.92 Å². The van der Waals surface area contributed by atoms with E-state index in [-0.39, 0.29) is 18.1 Å². The van der Waals surface area contributed by atoms with E-state index in [4.69, 9.17) is 5.11 Å². The molecule has 2 unspecified atom stereocenters. The highest BCUT2D eigenvalue weighted by molar-refractivity contribution is 5.82. The molecule has 1 aliphatic heterocycles. The molecule has 1 rings (SSSR count). The minimum Gasteiger partial charge on any atom is -0.480 e. The molecule has 1 saturated heterocycles. The second-order valence-electron chi connectivity index (χ2n) is 5.19. The molecule has 0 saturated carbocycles. The number of piperidine rings is 1. The maximum absolute atomic E-state index is 12.0. The molecular weight excluding hydrogens is 248 g/mol. The summed E-state index contributed by atoms with van der Waals surface area (Å²) in [6.07, 6.45) is 2.32. The SMILES string of the molecule is CCCC(NC(=O)N1CCC(C(C)O)CC1)C(=O)O. The van der Waals surface area contributed by atoms with Crippen LogP contribution in [0.5, 0.6) is 0 Å². The van der Waals surface area contributed by atoms with Gasteiger partial charge >= 0.3 is 12.0 Å². The lowest BCUT2D eigenvalue weighted by atomic mass is 9.92. The van der Waals surface area contributed by atoms with E-state index in [0.717, 1.165) is 12.8 Å². The minimum atomic E-state index is -0.992. The quantitative estimate of drug-likeness (QED) is 0.697. The monoisotopic (exact) mass is 272 g/mol. The number of hydrogen-bond donors (Lipinski definition) is 3. The van der Waals surface area contributed by atoms with E-state index < -0.39 is 12.0 Å². The van der Waals surface area contributed by atoms with Gasteiger partial charge in [-0.1, -0.05) is 13.3 Å². The Morgan fingerprint density at radius 3 is 2.37 bits per heavy atom. The summed E-state index contributed by atoms with van der Waals surface area (Å²) in [5.41, 5.74) is 0. The molecule has 0 aromatic carbocycles. The number of likely N-dealkylation sites (tertiary alicyclic amines) is 1. The molecule has 0 aliphatic carbocycles. The summed E-state index contributed by atoms with van der Waals surface area (Å²) in [4.78, 5) is 24.6. The van der Waals surface area contributed by atoms with Gasteiger partial charge in [0.15, 0.2) is 0 Å². The average molecular weight is 272 g/mol. The predicted molar refractivity (Wildman–Crippen MR) is 70.8 cm³/mol. The van der Waals surface area contributed by atoms with Gasteiger partial charge in [0.2, 0.25) is 0 Å². The molecule has 19 heavy (non-hydrogen) atoms. The average Bonchev–Trinajstić information content (AvgIpc) is 2.38. The molecule has 3 N–H and O–H groups in total. The third-order valence-electron chi connectivity index (χ3n) is 3.68. The number of rotatable bonds is 5. The van der Waals surface area contributed by atoms with Gasteiger partial charge in [-0.3, -0.25) is 0 Å². The summed E-state index contributed by atoms with van der Waals surface area (Å²) in [5.74, 6) is -0.760. The smallest absolute Gasteiger partial charge is 0.326 e. The standard InChI is InChI=1S/C13H24N2O4/c1-3-4-11(12(17)18)14-13(19)15-7-5-10(6-8-15)9(2)16/h9-11,16H,3-8H2,1-2H3,(H,14,19)(H,17,18). The van der Waals surface area contributed by atoms with E-state index in [9.17, 15) is 14.7 Å². The Balaban J connectivity index is 2.44. The zero-order chi connectivity index (χ0) is 14.4. The summed E-state index contributed by atoms with van der Waals surface area (Å²) < 4.78 is 0. The molecule has 6 nitrogen and oxygen atoms in total. The summed E-state index contributed by atoms with van der Waals surface area (Å²) in [6, 6.07) is -1.13.